The van der Waals surface area contributed by atoms with Crippen molar-refractivity contribution < 1.29 is 4.39 Å². The van der Waals surface area contributed by atoms with E-state index in [1.807, 2.05) is 18.3 Å². The van der Waals surface area contributed by atoms with Crippen LogP contribution < -0.4 is 0 Å². The number of H-pyrrole nitrogens is 1. The van der Waals surface area contributed by atoms with Gasteiger partial charge < -0.3 is 0 Å². The second-order valence-corrected chi connectivity index (χ2v) is 6.88. The Morgan fingerprint density at radius 1 is 1.19 bits per heavy atom. The largest absolute Gasteiger partial charge is 0.291 e. The maximum absolute atomic E-state index is 13.7. The summed E-state index contributed by atoms with van der Waals surface area (Å²) in [7, 11) is 0. The molecular weight excluding hydrogens is 341 g/mol. The van der Waals surface area contributed by atoms with Gasteiger partial charge in [0.1, 0.15) is 28.9 Å². The van der Waals surface area contributed by atoms with Crippen molar-refractivity contribution in [1.29, 1.82) is 5.26 Å². The third-order valence-electron chi connectivity index (χ3n) is 4.71. The molecular formula is C21H18FN5. The van der Waals surface area contributed by atoms with Gasteiger partial charge in [0.05, 0.1) is 6.20 Å². The Morgan fingerprint density at radius 2 is 1.96 bits per heavy atom. The lowest BCUT2D eigenvalue weighted by Crippen LogP contribution is -1.95. The number of nitrogens with one attached hydrogen (secondary N) is 1. The lowest BCUT2D eigenvalue weighted by atomic mass is 9.95. The molecule has 0 aliphatic heterocycles. The van der Waals surface area contributed by atoms with Gasteiger partial charge in [0, 0.05) is 28.6 Å². The number of aromatic nitrogens is 4. The summed E-state index contributed by atoms with van der Waals surface area (Å²) in [6.45, 7) is 5.92. The molecule has 0 radical (unpaired) electrons. The number of benzene rings is 1. The first-order valence-corrected chi connectivity index (χ1v) is 8.72. The van der Waals surface area contributed by atoms with Gasteiger partial charge in [0.2, 0.25) is 0 Å². The summed E-state index contributed by atoms with van der Waals surface area (Å²) in [5.41, 5.74) is 6.24. The van der Waals surface area contributed by atoms with E-state index in [-0.39, 0.29) is 11.7 Å². The van der Waals surface area contributed by atoms with Crippen LogP contribution in [0.4, 0.5) is 4.39 Å². The van der Waals surface area contributed by atoms with Crippen molar-refractivity contribution >= 4 is 5.65 Å². The van der Waals surface area contributed by atoms with E-state index in [2.05, 4.69) is 35.1 Å². The van der Waals surface area contributed by atoms with Gasteiger partial charge in [-0.05, 0) is 48.7 Å². The highest BCUT2D eigenvalue weighted by molar-refractivity contribution is 5.83. The molecule has 0 aliphatic carbocycles. The molecule has 0 unspecified atom stereocenters. The average molecular weight is 359 g/mol. The molecule has 0 bridgehead atoms. The molecule has 0 fully saturated rings. The summed E-state index contributed by atoms with van der Waals surface area (Å²) in [5, 5.41) is 17.0. The molecule has 3 aromatic heterocycles. The molecule has 6 heteroatoms. The van der Waals surface area contributed by atoms with Crippen LogP contribution in [-0.2, 0) is 0 Å². The van der Waals surface area contributed by atoms with Gasteiger partial charge in [-0.2, -0.15) is 10.4 Å². The summed E-state index contributed by atoms with van der Waals surface area (Å²) in [6.07, 6.45) is 3.46. The molecule has 0 saturated heterocycles. The smallest absolute Gasteiger partial charge is 0.144 e. The molecule has 0 saturated carbocycles. The van der Waals surface area contributed by atoms with E-state index >= 15 is 0 Å². The Balaban J connectivity index is 1.97. The number of aromatic amines is 1. The van der Waals surface area contributed by atoms with Gasteiger partial charge in [0.15, 0.2) is 0 Å². The van der Waals surface area contributed by atoms with Crippen molar-refractivity contribution in [2.75, 3.05) is 0 Å². The zero-order valence-corrected chi connectivity index (χ0v) is 15.3. The molecule has 0 amide bonds. The van der Waals surface area contributed by atoms with Gasteiger partial charge >= 0.3 is 0 Å². The zero-order chi connectivity index (χ0) is 19.1. The molecule has 1 aromatic carbocycles. The van der Waals surface area contributed by atoms with Gasteiger partial charge in [-0.15, -0.1) is 0 Å². The van der Waals surface area contributed by atoms with Gasteiger partial charge in [-0.3, -0.25) is 9.50 Å². The standard InChI is InChI=1S/C21H18FN5/c1-12(2)20-19(15-5-7-18-24-10-16(9-23)27(18)11-15)21(26-25-20)14-4-6-17(22)13(3)8-14/h4-8,10-12H,1-3H3,(H,25,26). The summed E-state index contributed by atoms with van der Waals surface area (Å²) < 4.78 is 15.5. The minimum absolute atomic E-state index is 0.219. The zero-order valence-electron chi connectivity index (χ0n) is 15.3. The Kier molecular flexibility index (Phi) is 4.00. The average Bonchev–Trinajstić information content (AvgIpc) is 3.27. The predicted molar refractivity (Wildman–Crippen MR) is 102 cm³/mol. The van der Waals surface area contributed by atoms with E-state index in [1.54, 1.807) is 29.7 Å². The molecule has 134 valence electrons. The number of hydrogen-bond donors (Lipinski definition) is 1. The first kappa shape index (κ1) is 17.0. The minimum atomic E-state index is -0.238. The minimum Gasteiger partial charge on any atom is -0.291 e. The number of nitrogens with zero attached hydrogens (tertiary/aromatic N) is 4. The van der Waals surface area contributed by atoms with Crippen LogP contribution in [0.25, 0.3) is 28.0 Å². The van der Waals surface area contributed by atoms with Crippen LogP contribution in [-0.4, -0.2) is 19.6 Å². The lowest BCUT2D eigenvalue weighted by Gasteiger charge is -2.10. The predicted octanol–water partition coefficient (Wildman–Crippen LogP) is 4.83. The van der Waals surface area contributed by atoms with E-state index < -0.39 is 0 Å². The second-order valence-electron chi connectivity index (χ2n) is 6.88. The fourth-order valence-electron chi connectivity index (χ4n) is 3.28. The molecule has 0 atom stereocenters. The normalized spacial score (nSPS) is 11.3. The van der Waals surface area contributed by atoms with E-state index in [9.17, 15) is 9.65 Å². The van der Waals surface area contributed by atoms with Crippen LogP contribution in [0, 0.1) is 24.1 Å². The van der Waals surface area contributed by atoms with Crippen LogP contribution in [0.15, 0.2) is 42.7 Å². The maximum atomic E-state index is 13.7. The molecule has 0 spiro atoms. The number of imidazole rings is 1. The van der Waals surface area contributed by atoms with Gasteiger partial charge in [-0.1, -0.05) is 13.8 Å². The van der Waals surface area contributed by atoms with Crippen molar-refractivity contribution in [1.82, 2.24) is 19.6 Å². The Bertz CT molecular complexity index is 1190. The number of rotatable bonds is 3. The lowest BCUT2D eigenvalue weighted by molar-refractivity contribution is 0.619. The van der Waals surface area contributed by atoms with Gasteiger partial charge in [-0.25, -0.2) is 9.37 Å². The van der Waals surface area contributed by atoms with Gasteiger partial charge in [0.25, 0.3) is 0 Å². The molecule has 4 aromatic rings. The molecule has 27 heavy (non-hydrogen) atoms. The molecule has 4 rings (SSSR count). The number of hydrogen-bond acceptors (Lipinski definition) is 3. The Labute approximate surface area is 156 Å². The maximum Gasteiger partial charge on any atom is 0.144 e. The van der Waals surface area contributed by atoms with Crippen LogP contribution in [0.1, 0.15) is 36.7 Å². The van der Waals surface area contributed by atoms with E-state index in [0.29, 0.717) is 16.9 Å². The van der Waals surface area contributed by atoms with Crippen molar-refractivity contribution in [3.63, 3.8) is 0 Å². The highest BCUT2D eigenvalue weighted by atomic mass is 19.1. The van der Waals surface area contributed by atoms with Crippen molar-refractivity contribution in [3.05, 3.63) is 65.5 Å². The quantitative estimate of drug-likeness (QED) is 0.569. The second kappa shape index (κ2) is 6.36. The first-order chi connectivity index (χ1) is 13.0. The summed E-state index contributed by atoms with van der Waals surface area (Å²) >= 11 is 0. The first-order valence-electron chi connectivity index (χ1n) is 8.72. The third-order valence-corrected chi connectivity index (χ3v) is 4.71. The highest BCUT2D eigenvalue weighted by Gasteiger charge is 2.20. The number of pyridine rings is 1. The third kappa shape index (κ3) is 2.77. The summed E-state index contributed by atoms with van der Waals surface area (Å²) in [6, 6.07) is 11.0. The van der Waals surface area contributed by atoms with E-state index in [1.165, 1.54) is 6.07 Å². The molecule has 3 heterocycles. The summed E-state index contributed by atoms with van der Waals surface area (Å²) in [4.78, 5) is 4.25. The number of halogens is 1. The fourth-order valence-corrected chi connectivity index (χ4v) is 3.28. The monoisotopic (exact) mass is 359 g/mol. The van der Waals surface area contributed by atoms with E-state index in [0.717, 1.165) is 28.1 Å². The molecule has 5 nitrogen and oxygen atoms in total. The SMILES string of the molecule is Cc1cc(-c2n[nH]c(C(C)C)c2-c2ccc3ncc(C#N)n3c2)ccc1F. The Morgan fingerprint density at radius 3 is 2.67 bits per heavy atom. The summed E-state index contributed by atoms with van der Waals surface area (Å²) in [5.74, 6) is -0.0184. The van der Waals surface area contributed by atoms with E-state index in [4.69, 9.17) is 0 Å². The molecule has 1 N–H and O–H groups in total. The number of fused-ring (bicyclic) bond motifs is 1. The topological polar surface area (TPSA) is 69.8 Å². The Hall–Kier alpha value is -3.46. The van der Waals surface area contributed by atoms with Crippen LogP contribution >= 0.6 is 0 Å². The fraction of sp³-hybridized carbons (Fsp3) is 0.190. The van der Waals surface area contributed by atoms with Crippen molar-refractivity contribution in [2.45, 2.75) is 26.7 Å². The number of aryl methyl sites for hydroxylation is 1. The van der Waals surface area contributed by atoms with Crippen molar-refractivity contribution in [2.24, 2.45) is 0 Å². The van der Waals surface area contributed by atoms with Crippen LogP contribution in [0.3, 0.4) is 0 Å². The van der Waals surface area contributed by atoms with Crippen LogP contribution in [0.2, 0.25) is 0 Å². The number of nitriles is 1. The molecule has 0 aliphatic rings. The highest BCUT2D eigenvalue weighted by Crippen LogP contribution is 2.37. The van der Waals surface area contributed by atoms with Crippen LogP contribution in [0.5, 0.6) is 0 Å². The van der Waals surface area contributed by atoms with Crippen molar-refractivity contribution in [3.8, 4) is 28.5 Å².